The number of hydrogen-bond acceptors (Lipinski definition) is 4. The monoisotopic (exact) mass is 219 g/mol. The molecule has 92 valence electrons. The minimum absolute atomic E-state index is 0.156. The van der Waals surface area contributed by atoms with Crippen LogP contribution in [0.1, 0.15) is 33.6 Å². The molecule has 4 heteroatoms. The molecule has 0 bridgehead atoms. The number of rotatable bonds is 10. The highest BCUT2D eigenvalue weighted by molar-refractivity contribution is 4.61. The number of aliphatic hydroxyl groups is 1. The molecule has 0 radical (unpaired) electrons. The maximum Gasteiger partial charge on any atom is 0.169 e. The van der Waals surface area contributed by atoms with Crippen LogP contribution < -0.4 is 5.32 Å². The van der Waals surface area contributed by atoms with Gasteiger partial charge >= 0.3 is 0 Å². The molecule has 0 aliphatic rings. The summed E-state index contributed by atoms with van der Waals surface area (Å²) in [6.45, 7) is 8.31. The van der Waals surface area contributed by atoms with Crippen LogP contribution in [-0.2, 0) is 9.47 Å². The lowest BCUT2D eigenvalue weighted by atomic mass is 10.2. The van der Waals surface area contributed by atoms with Crippen molar-refractivity contribution >= 4 is 0 Å². The molecule has 1 unspecified atom stereocenters. The summed E-state index contributed by atoms with van der Waals surface area (Å²) in [5, 5.41) is 12.0. The zero-order chi connectivity index (χ0) is 11.5. The molecule has 1 atom stereocenters. The molecule has 0 rings (SSSR count). The first kappa shape index (κ1) is 14.8. The third kappa shape index (κ3) is 8.81. The first-order chi connectivity index (χ1) is 7.24. The lowest BCUT2D eigenvalue weighted by Crippen LogP contribution is -2.36. The summed E-state index contributed by atoms with van der Waals surface area (Å²) in [6.07, 6.45) is 1.65. The average Bonchev–Trinajstić information content (AvgIpc) is 2.23. The van der Waals surface area contributed by atoms with Gasteiger partial charge in [0.25, 0.3) is 0 Å². The lowest BCUT2D eigenvalue weighted by Gasteiger charge is -2.20. The predicted molar refractivity (Wildman–Crippen MR) is 60.8 cm³/mol. The van der Waals surface area contributed by atoms with E-state index >= 15 is 0 Å². The summed E-state index contributed by atoms with van der Waals surface area (Å²) >= 11 is 0. The number of ether oxygens (including phenoxy) is 2. The molecule has 0 amide bonds. The Balaban J connectivity index is 3.57. The van der Waals surface area contributed by atoms with Crippen molar-refractivity contribution < 1.29 is 14.6 Å². The van der Waals surface area contributed by atoms with Crippen LogP contribution in [0.5, 0.6) is 0 Å². The van der Waals surface area contributed by atoms with Crippen LogP contribution in [0.4, 0.5) is 0 Å². The Morgan fingerprint density at radius 2 is 1.80 bits per heavy atom. The maximum atomic E-state index is 8.68. The lowest BCUT2D eigenvalue weighted by molar-refractivity contribution is -0.133. The molecular formula is C11H25NO3. The van der Waals surface area contributed by atoms with Crippen molar-refractivity contribution in [2.24, 2.45) is 0 Å². The standard InChI is InChI=1S/C11H25NO3/c1-4-14-11(15-5-2)9-12-10(3)7-6-8-13/h10-13H,4-9H2,1-3H3. The van der Waals surface area contributed by atoms with Crippen molar-refractivity contribution in [1.29, 1.82) is 0 Å². The maximum absolute atomic E-state index is 8.68. The van der Waals surface area contributed by atoms with E-state index in [1.165, 1.54) is 0 Å². The number of hydrogen-bond donors (Lipinski definition) is 2. The second-order valence-electron chi connectivity index (χ2n) is 3.52. The van der Waals surface area contributed by atoms with Crippen molar-refractivity contribution in [2.75, 3.05) is 26.4 Å². The third-order valence-corrected chi connectivity index (χ3v) is 2.13. The van der Waals surface area contributed by atoms with E-state index < -0.39 is 0 Å². The van der Waals surface area contributed by atoms with Crippen molar-refractivity contribution in [1.82, 2.24) is 5.32 Å². The predicted octanol–water partition coefficient (Wildman–Crippen LogP) is 1.14. The highest BCUT2D eigenvalue weighted by Crippen LogP contribution is 1.98. The Morgan fingerprint density at radius 1 is 1.20 bits per heavy atom. The summed E-state index contributed by atoms with van der Waals surface area (Å²) in [5.74, 6) is 0. The van der Waals surface area contributed by atoms with Crippen LogP contribution >= 0.6 is 0 Å². The summed E-state index contributed by atoms with van der Waals surface area (Å²) in [7, 11) is 0. The molecule has 0 saturated carbocycles. The highest BCUT2D eigenvalue weighted by Gasteiger charge is 2.09. The van der Waals surface area contributed by atoms with Crippen LogP contribution in [0.2, 0.25) is 0 Å². The van der Waals surface area contributed by atoms with E-state index in [1.54, 1.807) is 0 Å². The van der Waals surface area contributed by atoms with Gasteiger partial charge in [-0.15, -0.1) is 0 Å². The van der Waals surface area contributed by atoms with Crippen LogP contribution in [0.15, 0.2) is 0 Å². The largest absolute Gasteiger partial charge is 0.396 e. The zero-order valence-electron chi connectivity index (χ0n) is 10.2. The van der Waals surface area contributed by atoms with Crippen molar-refractivity contribution in [3.8, 4) is 0 Å². The molecule has 0 aliphatic heterocycles. The summed E-state index contributed by atoms with van der Waals surface area (Å²) < 4.78 is 10.8. The molecule has 0 heterocycles. The summed E-state index contributed by atoms with van der Waals surface area (Å²) in [4.78, 5) is 0. The molecule has 0 saturated heterocycles. The van der Waals surface area contributed by atoms with Gasteiger partial charge in [0.2, 0.25) is 0 Å². The smallest absolute Gasteiger partial charge is 0.169 e. The molecule has 0 aromatic heterocycles. The van der Waals surface area contributed by atoms with Crippen LogP contribution in [0.25, 0.3) is 0 Å². The van der Waals surface area contributed by atoms with Gasteiger partial charge in [0.15, 0.2) is 6.29 Å². The second kappa shape index (κ2) is 10.4. The number of nitrogens with one attached hydrogen (secondary N) is 1. The Labute approximate surface area is 93.0 Å². The fraction of sp³-hybridized carbons (Fsp3) is 1.00. The van der Waals surface area contributed by atoms with E-state index in [0.717, 1.165) is 12.8 Å². The normalized spacial score (nSPS) is 13.4. The first-order valence-electron chi connectivity index (χ1n) is 5.82. The van der Waals surface area contributed by atoms with Crippen molar-refractivity contribution in [3.05, 3.63) is 0 Å². The van der Waals surface area contributed by atoms with Gasteiger partial charge in [-0.25, -0.2) is 0 Å². The van der Waals surface area contributed by atoms with Gasteiger partial charge in [-0.05, 0) is 33.6 Å². The van der Waals surface area contributed by atoms with Gasteiger partial charge in [0.05, 0.1) is 0 Å². The fourth-order valence-electron chi connectivity index (χ4n) is 1.33. The van der Waals surface area contributed by atoms with E-state index in [4.69, 9.17) is 14.6 Å². The Bertz CT molecular complexity index is 127. The van der Waals surface area contributed by atoms with Gasteiger partial charge in [-0.3, -0.25) is 0 Å². The SMILES string of the molecule is CCOC(CNC(C)CCCO)OCC. The van der Waals surface area contributed by atoms with Gasteiger partial charge in [0.1, 0.15) is 0 Å². The average molecular weight is 219 g/mol. The zero-order valence-corrected chi connectivity index (χ0v) is 10.2. The van der Waals surface area contributed by atoms with E-state index in [1.807, 2.05) is 13.8 Å². The minimum atomic E-state index is -0.156. The second-order valence-corrected chi connectivity index (χ2v) is 3.52. The Hall–Kier alpha value is -0.160. The Kier molecular flexibility index (Phi) is 10.3. The molecule has 2 N–H and O–H groups in total. The fourth-order valence-corrected chi connectivity index (χ4v) is 1.33. The van der Waals surface area contributed by atoms with Gasteiger partial charge < -0.3 is 19.9 Å². The topological polar surface area (TPSA) is 50.7 Å². The van der Waals surface area contributed by atoms with Crippen molar-refractivity contribution in [3.63, 3.8) is 0 Å². The molecule has 0 fully saturated rings. The van der Waals surface area contributed by atoms with E-state index in [2.05, 4.69) is 12.2 Å². The molecule has 0 aromatic rings. The molecule has 0 aromatic carbocycles. The van der Waals surface area contributed by atoms with Crippen LogP contribution in [-0.4, -0.2) is 43.8 Å². The van der Waals surface area contributed by atoms with Crippen LogP contribution in [0, 0.1) is 0 Å². The highest BCUT2D eigenvalue weighted by atomic mass is 16.7. The first-order valence-corrected chi connectivity index (χ1v) is 5.82. The molecular weight excluding hydrogens is 194 g/mol. The third-order valence-electron chi connectivity index (χ3n) is 2.13. The molecule has 15 heavy (non-hydrogen) atoms. The molecule has 4 nitrogen and oxygen atoms in total. The van der Waals surface area contributed by atoms with Gasteiger partial charge in [-0.2, -0.15) is 0 Å². The van der Waals surface area contributed by atoms with Gasteiger partial charge in [-0.1, -0.05) is 0 Å². The van der Waals surface area contributed by atoms with E-state index in [0.29, 0.717) is 25.8 Å². The van der Waals surface area contributed by atoms with E-state index in [-0.39, 0.29) is 12.9 Å². The summed E-state index contributed by atoms with van der Waals surface area (Å²) in [6, 6.07) is 0.389. The van der Waals surface area contributed by atoms with Crippen molar-refractivity contribution in [2.45, 2.75) is 45.9 Å². The van der Waals surface area contributed by atoms with Crippen LogP contribution in [0.3, 0.4) is 0 Å². The summed E-state index contributed by atoms with van der Waals surface area (Å²) in [5.41, 5.74) is 0. The molecule has 0 aliphatic carbocycles. The van der Waals surface area contributed by atoms with Gasteiger partial charge in [0, 0.05) is 32.4 Å². The molecule has 0 spiro atoms. The van der Waals surface area contributed by atoms with E-state index in [9.17, 15) is 0 Å². The number of aliphatic hydroxyl groups excluding tert-OH is 1. The Morgan fingerprint density at radius 3 is 2.27 bits per heavy atom. The minimum Gasteiger partial charge on any atom is -0.396 e. The quantitative estimate of drug-likeness (QED) is 0.541.